The molecule has 0 aromatic carbocycles. The van der Waals surface area contributed by atoms with Crippen LogP contribution in [-0.2, 0) is 14.3 Å². The van der Waals surface area contributed by atoms with Gasteiger partial charge >= 0.3 is 5.97 Å². The van der Waals surface area contributed by atoms with Crippen LogP contribution in [0.15, 0.2) is 0 Å². The van der Waals surface area contributed by atoms with E-state index in [1.807, 2.05) is 55.4 Å². The van der Waals surface area contributed by atoms with Gasteiger partial charge in [-0.3, -0.25) is 4.79 Å². The molecule has 0 aliphatic rings. The molecule has 0 N–H and O–H groups in total. The zero-order chi connectivity index (χ0) is 18.4. The molecule has 0 spiro atoms. The molecule has 0 atom stereocenters. The van der Waals surface area contributed by atoms with Crippen LogP contribution in [0.2, 0.25) is 0 Å². The number of hydrogen-bond donors (Lipinski definition) is 0. The number of unbranched alkanes of at least 4 members (excludes halogenated alkanes) is 2. The highest BCUT2D eigenvalue weighted by Crippen LogP contribution is 2.10. The van der Waals surface area contributed by atoms with Gasteiger partial charge in [0.05, 0.1) is 12.5 Å². The van der Waals surface area contributed by atoms with Crippen molar-refractivity contribution in [3.8, 4) is 0 Å². The van der Waals surface area contributed by atoms with Crippen LogP contribution in [0.5, 0.6) is 0 Å². The summed E-state index contributed by atoms with van der Waals surface area (Å²) in [4.78, 5) is 22.1. The summed E-state index contributed by atoms with van der Waals surface area (Å²) in [5.41, 5.74) is 0. The predicted octanol–water partition coefficient (Wildman–Crippen LogP) is 6.19. The summed E-state index contributed by atoms with van der Waals surface area (Å²) in [6.45, 7) is 18.1. The van der Waals surface area contributed by atoms with Crippen molar-refractivity contribution in [2.24, 2.45) is 5.92 Å². The molecule has 0 bridgehead atoms. The third-order valence-electron chi connectivity index (χ3n) is 2.74. The molecular weight excluding hydrogens is 276 g/mol. The van der Waals surface area contributed by atoms with Crippen molar-refractivity contribution in [1.82, 2.24) is 0 Å². The summed E-state index contributed by atoms with van der Waals surface area (Å²) in [5.74, 6) is 0.211. The fourth-order valence-corrected chi connectivity index (χ4v) is 1.57. The number of esters is 1. The minimum absolute atomic E-state index is 0.0530. The van der Waals surface area contributed by atoms with Gasteiger partial charge in [-0.2, -0.15) is 0 Å². The zero-order valence-electron chi connectivity index (χ0n) is 16.8. The van der Waals surface area contributed by atoms with E-state index in [1.54, 1.807) is 6.92 Å². The molecule has 0 aromatic heterocycles. The molecule has 0 heterocycles. The van der Waals surface area contributed by atoms with Crippen LogP contribution < -0.4 is 0 Å². The van der Waals surface area contributed by atoms with Gasteiger partial charge in [-0.15, -0.1) is 0 Å². The Morgan fingerprint density at radius 2 is 1.27 bits per heavy atom. The first kappa shape index (κ1) is 29.2. The number of hydrogen-bond acceptors (Lipinski definition) is 3. The van der Waals surface area contributed by atoms with E-state index >= 15 is 0 Å². The Morgan fingerprint density at radius 3 is 1.64 bits per heavy atom. The highest BCUT2D eigenvalue weighted by atomic mass is 16.5. The van der Waals surface area contributed by atoms with Gasteiger partial charge < -0.3 is 9.53 Å². The summed E-state index contributed by atoms with van der Waals surface area (Å²) >= 11 is 0. The molecule has 3 heteroatoms. The average molecular weight is 319 g/mol. The van der Waals surface area contributed by atoms with Crippen molar-refractivity contribution in [2.75, 3.05) is 6.61 Å². The Kier molecular flexibility index (Phi) is 37.6. The summed E-state index contributed by atoms with van der Waals surface area (Å²) in [6.07, 6.45) is 5.05. The van der Waals surface area contributed by atoms with Crippen molar-refractivity contribution in [1.29, 1.82) is 0 Å². The Morgan fingerprint density at radius 1 is 0.818 bits per heavy atom. The molecule has 136 valence electrons. The largest absolute Gasteiger partial charge is 0.465 e. The molecule has 0 saturated heterocycles. The third kappa shape index (κ3) is 24.2. The average Bonchev–Trinajstić information content (AvgIpc) is 2.57. The second-order valence-electron chi connectivity index (χ2n) is 4.19. The minimum Gasteiger partial charge on any atom is -0.465 e. The van der Waals surface area contributed by atoms with Gasteiger partial charge in [0.25, 0.3) is 0 Å². The normalized spacial score (nSPS) is 8.45. The molecule has 0 rings (SSSR count). The molecule has 0 radical (unpaired) electrons. The molecule has 0 amide bonds. The second-order valence-corrected chi connectivity index (χ2v) is 4.19. The molecule has 3 nitrogen and oxygen atoms in total. The molecule has 0 aliphatic heterocycles. The maximum Gasteiger partial charge on any atom is 0.308 e. The Bertz CT molecular complexity index is 209. The fourth-order valence-electron chi connectivity index (χ4n) is 1.57. The molecule has 22 heavy (non-hydrogen) atoms. The minimum atomic E-state index is -0.0726. The Labute approximate surface area is 140 Å². The van der Waals surface area contributed by atoms with E-state index in [1.165, 1.54) is 0 Å². The summed E-state index contributed by atoms with van der Waals surface area (Å²) < 4.78 is 5.17. The molecule has 0 unspecified atom stereocenters. The number of ether oxygens (including phenoxy) is 1. The van der Waals surface area contributed by atoms with E-state index in [2.05, 4.69) is 0 Å². The van der Waals surface area contributed by atoms with Crippen molar-refractivity contribution in [3.05, 3.63) is 0 Å². The van der Waals surface area contributed by atoms with Gasteiger partial charge in [0.2, 0.25) is 0 Å². The maximum absolute atomic E-state index is 11.5. The first-order valence-electron chi connectivity index (χ1n) is 9.27. The monoisotopic (exact) mass is 318 g/mol. The van der Waals surface area contributed by atoms with Crippen LogP contribution >= 0.6 is 0 Å². The summed E-state index contributed by atoms with van der Waals surface area (Å²) in [6, 6.07) is 0. The van der Waals surface area contributed by atoms with Crippen LogP contribution in [0.4, 0.5) is 0 Å². The van der Waals surface area contributed by atoms with E-state index in [4.69, 9.17) is 4.74 Å². The van der Waals surface area contributed by atoms with E-state index < -0.39 is 0 Å². The zero-order valence-corrected chi connectivity index (χ0v) is 16.8. The third-order valence-corrected chi connectivity index (χ3v) is 2.74. The van der Waals surface area contributed by atoms with Gasteiger partial charge in [0.15, 0.2) is 0 Å². The van der Waals surface area contributed by atoms with Crippen molar-refractivity contribution in [2.45, 2.75) is 101 Å². The summed E-state index contributed by atoms with van der Waals surface area (Å²) in [5, 5.41) is 0. The number of ketones is 1. The lowest BCUT2D eigenvalue weighted by atomic mass is 10.0. The van der Waals surface area contributed by atoms with Gasteiger partial charge in [-0.1, -0.05) is 55.4 Å². The maximum atomic E-state index is 11.5. The smallest absolute Gasteiger partial charge is 0.308 e. The first-order chi connectivity index (χ1) is 10.6. The number of carbonyl (C=O) groups excluding carboxylic acids is 2. The molecular formula is C19H42O3. The second kappa shape index (κ2) is 28.3. The van der Waals surface area contributed by atoms with Crippen molar-refractivity contribution < 1.29 is 14.3 Å². The van der Waals surface area contributed by atoms with Gasteiger partial charge in [-0.25, -0.2) is 0 Å². The molecule has 0 saturated carbocycles. The SMILES string of the molecule is CC.CC.CC.CCC(CC)C(=O)OCCCCCC(C)=O. The van der Waals surface area contributed by atoms with E-state index in [0.717, 1.165) is 32.1 Å². The molecule has 0 aromatic rings. The lowest BCUT2D eigenvalue weighted by molar-refractivity contribution is -0.148. The van der Waals surface area contributed by atoms with Crippen LogP contribution in [0.25, 0.3) is 0 Å². The summed E-state index contributed by atoms with van der Waals surface area (Å²) in [7, 11) is 0. The van der Waals surface area contributed by atoms with Gasteiger partial charge in [0, 0.05) is 6.42 Å². The standard InChI is InChI=1S/C13H24O3.3C2H6/c1-4-12(5-2)13(15)16-10-8-6-7-9-11(3)14;3*1-2/h12H,4-10H2,1-3H3;3*1-2H3. The lowest BCUT2D eigenvalue weighted by Gasteiger charge is -2.11. The first-order valence-corrected chi connectivity index (χ1v) is 9.27. The Balaban J connectivity index is -0.000000238. The fraction of sp³-hybridized carbons (Fsp3) is 0.895. The lowest BCUT2D eigenvalue weighted by Crippen LogP contribution is -2.16. The van der Waals surface area contributed by atoms with Crippen LogP contribution in [0, 0.1) is 5.92 Å². The number of Topliss-reactive ketones (excluding diaryl/α,β-unsaturated/α-hetero) is 1. The number of rotatable bonds is 9. The van der Waals surface area contributed by atoms with Crippen molar-refractivity contribution in [3.63, 3.8) is 0 Å². The van der Waals surface area contributed by atoms with E-state index in [0.29, 0.717) is 13.0 Å². The van der Waals surface area contributed by atoms with Gasteiger partial charge in [0.1, 0.15) is 5.78 Å². The van der Waals surface area contributed by atoms with E-state index in [-0.39, 0.29) is 17.7 Å². The molecule has 0 aliphatic carbocycles. The van der Waals surface area contributed by atoms with Crippen LogP contribution in [-0.4, -0.2) is 18.4 Å². The topological polar surface area (TPSA) is 43.4 Å². The van der Waals surface area contributed by atoms with Crippen LogP contribution in [0.3, 0.4) is 0 Å². The molecule has 0 fully saturated rings. The van der Waals surface area contributed by atoms with Crippen molar-refractivity contribution >= 4 is 11.8 Å². The van der Waals surface area contributed by atoms with Crippen LogP contribution in [0.1, 0.15) is 101 Å². The Hall–Kier alpha value is -0.860. The highest BCUT2D eigenvalue weighted by molar-refractivity contribution is 5.75. The number of carbonyl (C=O) groups is 2. The van der Waals surface area contributed by atoms with Gasteiger partial charge in [-0.05, 0) is 39.0 Å². The predicted molar refractivity (Wildman–Crippen MR) is 98.2 cm³/mol. The quantitative estimate of drug-likeness (QED) is 0.376. The highest BCUT2D eigenvalue weighted by Gasteiger charge is 2.14. The van der Waals surface area contributed by atoms with E-state index in [9.17, 15) is 9.59 Å².